The molecule has 2 aromatic rings. The molecule has 170 valence electrons. The molecule has 5 rings (SSSR count). The SMILES string of the molecule is CCC(=O)OC(CN1CCN(c2ccccn2)CC1)Cn1c(O)c2c(c1O)C1C=CC2C1. The van der Waals surface area contributed by atoms with Crippen LogP contribution in [0.15, 0.2) is 36.5 Å². The van der Waals surface area contributed by atoms with E-state index in [0.29, 0.717) is 6.54 Å². The third-order valence-corrected chi connectivity index (χ3v) is 6.89. The van der Waals surface area contributed by atoms with Gasteiger partial charge in [-0.15, -0.1) is 0 Å². The second-order valence-electron chi connectivity index (χ2n) is 8.86. The number of pyridine rings is 1. The number of esters is 1. The first-order valence-corrected chi connectivity index (χ1v) is 11.5. The summed E-state index contributed by atoms with van der Waals surface area (Å²) in [6, 6.07) is 5.92. The van der Waals surface area contributed by atoms with E-state index in [2.05, 4.69) is 26.9 Å². The van der Waals surface area contributed by atoms with E-state index in [1.165, 1.54) is 4.57 Å². The van der Waals surface area contributed by atoms with Crippen LogP contribution in [0.4, 0.5) is 5.82 Å². The highest BCUT2D eigenvalue weighted by atomic mass is 16.5. The molecular weight excluding hydrogens is 408 g/mol. The number of carbonyl (C=O) groups is 1. The Kier molecular flexibility index (Phi) is 5.55. The molecular formula is C24H30N4O4. The lowest BCUT2D eigenvalue weighted by atomic mass is 10.0. The van der Waals surface area contributed by atoms with Crippen LogP contribution in [0, 0.1) is 0 Å². The maximum atomic E-state index is 12.1. The Morgan fingerprint density at radius 1 is 1.09 bits per heavy atom. The van der Waals surface area contributed by atoms with Gasteiger partial charge in [-0.2, -0.15) is 0 Å². The summed E-state index contributed by atoms with van der Waals surface area (Å²) in [5.74, 6) is 1.24. The number of fused-ring (bicyclic) bond motifs is 5. The molecule has 2 N–H and O–H groups in total. The van der Waals surface area contributed by atoms with Crippen LogP contribution in [0.1, 0.15) is 42.7 Å². The van der Waals surface area contributed by atoms with Gasteiger partial charge < -0.3 is 19.8 Å². The van der Waals surface area contributed by atoms with Gasteiger partial charge in [-0.05, 0) is 18.6 Å². The van der Waals surface area contributed by atoms with Gasteiger partial charge in [0.25, 0.3) is 0 Å². The van der Waals surface area contributed by atoms with Gasteiger partial charge in [-0.3, -0.25) is 14.3 Å². The van der Waals surface area contributed by atoms with E-state index in [1.54, 1.807) is 13.1 Å². The number of aromatic hydroxyl groups is 2. The van der Waals surface area contributed by atoms with E-state index in [0.717, 1.165) is 49.5 Å². The largest absolute Gasteiger partial charge is 0.494 e. The summed E-state index contributed by atoms with van der Waals surface area (Å²) in [6.45, 7) is 5.89. The highest BCUT2D eigenvalue weighted by Gasteiger charge is 2.41. The third kappa shape index (κ3) is 3.72. The van der Waals surface area contributed by atoms with Crippen molar-refractivity contribution in [1.29, 1.82) is 0 Å². The van der Waals surface area contributed by atoms with Gasteiger partial charge in [0, 0.05) is 68.3 Å². The molecule has 3 heterocycles. The summed E-state index contributed by atoms with van der Waals surface area (Å²) >= 11 is 0. The number of rotatable bonds is 7. The zero-order valence-corrected chi connectivity index (χ0v) is 18.4. The molecule has 3 atom stereocenters. The Balaban J connectivity index is 1.28. The fourth-order valence-electron chi connectivity index (χ4n) is 5.26. The van der Waals surface area contributed by atoms with Crippen molar-refractivity contribution in [3.05, 3.63) is 47.7 Å². The van der Waals surface area contributed by atoms with Gasteiger partial charge in [-0.25, -0.2) is 4.98 Å². The molecule has 8 heteroatoms. The molecule has 1 aliphatic heterocycles. The van der Waals surface area contributed by atoms with E-state index in [4.69, 9.17) is 4.74 Å². The van der Waals surface area contributed by atoms with Crippen molar-refractivity contribution in [3.8, 4) is 11.8 Å². The van der Waals surface area contributed by atoms with E-state index in [1.807, 2.05) is 18.2 Å². The second kappa shape index (κ2) is 8.50. The van der Waals surface area contributed by atoms with Crippen LogP contribution in [-0.2, 0) is 16.1 Å². The third-order valence-electron chi connectivity index (χ3n) is 6.89. The fraction of sp³-hybridized carbons (Fsp3) is 0.500. The number of nitrogens with zero attached hydrogens (tertiary/aromatic N) is 4. The van der Waals surface area contributed by atoms with Gasteiger partial charge in [0.15, 0.2) is 11.8 Å². The maximum absolute atomic E-state index is 12.1. The van der Waals surface area contributed by atoms with Crippen molar-refractivity contribution >= 4 is 11.8 Å². The number of ether oxygens (including phenoxy) is 1. The molecule has 32 heavy (non-hydrogen) atoms. The van der Waals surface area contributed by atoms with Crippen LogP contribution in [0.5, 0.6) is 11.8 Å². The predicted molar refractivity (Wildman–Crippen MR) is 120 cm³/mol. The van der Waals surface area contributed by atoms with E-state index >= 15 is 0 Å². The summed E-state index contributed by atoms with van der Waals surface area (Å²) in [4.78, 5) is 21.1. The molecule has 2 bridgehead atoms. The fourth-order valence-corrected chi connectivity index (χ4v) is 5.26. The molecule has 2 aliphatic carbocycles. The number of carbonyl (C=O) groups excluding carboxylic acids is 1. The average molecular weight is 439 g/mol. The zero-order valence-electron chi connectivity index (χ0n) is 18.4. The van der Waals surface area contributed by atoms with Crippen LogP contribution in [0.3, 0.4) is 0 Å². The first-order valence-electron chi connectivity index (χ1n) is 11.5. The zero-order chi connectivity index (χ0) is 22.2. The molecule has 0 radical (unpaired) electrons. The molecule has 0 amide bonds. The van der Waals surface area contributed by atoms with E-state index in [-0.39, 0.29) is 42.5 Å². The van der Waals surface area contributed by atoms with Gasteiger partial charge in [0.05, 0.1) is 6.54 Å². The number of hydrogen-bond donors (Lipinski definition) is 2. The summed E-state index contributed by atoms with van der Waals surface area (Å²) < 4.78 is 7.26. The topological polar surface area (TPSA) is 91.1 Å². The maximum Gasteiger partial charge on any atom is 0.305 e. The van der Waals surface area contributed by atoms with Gasteiger partial charge in [0.1, 0.15) is 11.9 Å². The van der Waals surface area contributed by atoms with E-state index < -0.39 is 6.10 Å². The molecule has 2 aromatic heterocycles. The smallest absolute Gasteiger partial charge is 0.305 e. The second-order valence-corrected chi connectivity index (χ2v) is 8.86. The molecule has 0 spiro atoms. The Morgan fingerprint density at radius 2 is 1.78 bits per heavy atom. The van der Waals surface area contributed by atoms with Crippen LogP contribution in [0.2, 0.25) is 0 Å². The minimum absolute atomic E-state index is 0.104. The Labute approximate surface area is 187 Å². The average Bonchev–Trinajstić information content (AvgIpc) is 3.50. The highest BCUT2D eigenvalue weighted by Crippen LogP contribution is 2.56. The quantitative estimate of drug-likeness (QED) is 0.507. The molecule has 0 saturated carbocycles. The van der Waals surface area contributed by atoms with Crippen molar-refractivity contribution in [1.82, 2.24) is 14.5 Å². The van der Waals surface area contributed by atoms with Crippen molar-refractivity contribution in [3.63, 3.8) is 0 Å². The van der Waals surface area contributed by atoms with Crippen molar-refractivity contribution < 1.29 is 19.7 Å². The Hall–Kier alpha value is -3.00. The van der Waals surface area contributed by atoms with E-state index in [9.17, 15) is 15.0 Å². The lowest BCUT2D eigenvalue weighted by molar-refractivity contribution is -0.150. The molecule has 0 aromatic carbocycles. The first kappa shape index (κ1) is 20.9. The van der Waals surface area contributed by atoms with Crippen LogP contribution < -0.4 is 4.90 Å². The molecule has 8 nitrogen and oxygen atoms in total. The number of aromatic nitrogens is 2. The molecule has 3 aliphatic rings. The number of piperazine rings is 1. The number of hydrogen-bond acceptors (Lipinski definition) is 7. The number of allylic oxidation sites excluding steroid dienone is 2. The van der Waals surface area contributed by atoms with Crippen LogP contribution >= 0.6 is 0 Å². The summed E-state index contributed by atoms with van der Waals surface area (Å²) in [5, 5.41) is 21.7. The lowest BCUT2D eigenvalue weighted by Gasteiger charge is -2.36. The highest BCUT2D eigenvalue weighted by molar-refractivity contribution is 5.69. The van der Waals surface area contributed by atoms with Gasteiger partial charge >= 0.3 is 5.97 Å². The van der Waals surface area contributed by atoms with Gasteiger partial charge in [-0.1, -0.05) is 25.1 Å². The predicted octanol–water partition coefficient (Wildman–Crippen LogP) is 2.58. The van der Waals surface area contributed by atoms with Crippen molar-refractivity contribution in [2.45, 2.75) is 44.2 Å². The lowest BCUT2D eigenvalue weighted by Crippen LogP contribution is -2.49. The van der Waals surface area contributed by atoms with Gasteiger partial charge in [0.2, 0.25) is 0 Å². The minimum Gasteiger partial charge on any atom is -0.494 e. The molecule has 1 saturated heterocycles. The standard InChI is InChI=1S/C24H30N4O4/c1-2-20(29)32-18(14-26-9-11-27(12-10-26)19-5-3-4-8-25-19)15-28-23(30)21-16-6-7-17(13-16)22(21)24(28)31/h3-8,16-18,30-31H,2,9-15H2,1H3. The van der Waals surface area contributed by atoms with Crippen LogP contribution in [-0.4, -0.2) is 69.5 Å². The summed E-state index contributed by atoms with van der Waals surface area (Å²) in [5.41, 5.74) is 1.67. The minimum atomic E-state index is -0.459. The summed E-state index contributed by atoms with van der Waals surface area (Å²) in [7, 11) is 0. The molecule has 3 unspecified atom stereocenters. The van der Waals surface area contributed by atoms with Crippen molar-refractivity contribution in [2.75, 3.05) is 37.6 Å². The molecule has 1 fully saturated rings. The summed E-state index contributed by atoms with van der Waals surface area (Å²) in [6.07, 6.45) is 6.76. The van der Waals surface area contributed by atoms with Crippen molar-refractivity contribution in [2.24, 2.45) is 0 Å². The normalized spacial score (nSPS) is 22.8. The van der Waals surface area contributed by atoms with Crippen LogP contribution in [0.25, 0.3) is 0 Å². The Bertz CT molecular complexity index is 975. The first-order chi connectivity index (χ1) is 15.5. The Morgan fingerprint density at radius 3 is 2.38 bits per heavy atom. The monoisotopic (exact) mass is 438 g/mol. The number of anilines is 1.